The van der Waals surface area contributed by atoms with Gasteiger partial charge in [0.2, 0.25) is 5.91 Å². The average Bonchev–Trinajstić information content (AvgIpc) is 2.80. The van der Waals surface area contributed by atoms with Gasteiger partial charge in [-0.2, -0.15) is 0 Å². The summed E-state index contributed by atoms with van der Waals surface area (Å²) >= 11 is 1.92. The number of nitrogens with zero attached hydrogens (tertiary/aromatic N) is 1. The molecule has 0 spiro atoms. The number of nitrogens with one attached hydrogen (secondary N) is 1. The van der Waals surface area contributed by atoms with Crippen molar-refractivity contribution in [2.45, 2.75) is 24.2 Å². The molecule has 0 aromatic heterocycles. The van der Waals surface area contributed by atoms with Crippen molar-refractivity contribution in [3.63, 3.8) is 0 Å². The number of likely N-dealkylation sites (N-methyl/N-ethyl adjacent to an activating group) is 1. The summed E-state index contributed by atoms with van der Waals surface area (Å²) < 4.78 is 0. The third-order valence-electron chi connectivity index (χ3n) is 3.32. The van der Waals surface area contributed by atoms with Crippen LogP contribution in [0.15, 0.2) is 29.2 Å². The monoisotopic (exact) mass is 278 g/mol. The maximum Gasteiger partial charge on any atom is 0.234 e. The molecule has 1 aromatic rings. The number of rotatable bonds is 6. The van der Waals surface area contributed by atoms with Crippen molar-refractivity contribution >= 4 is 17.7 Å². The van der Waals surface area contributed by atoms with E-state index in [2.05, 4.69) is 41.4 Å². The lowest BCUT2D eigenvalue weighted by molar-refractivity contribution is -0.121. The van der Waals surface area contributed by atoms with Crippen LogP contribution in [0.25, 0.3) is 0 Å². The van der Waals surface area contributed by atoms with E-state index in [-0.39, 0.29) is 5.91 Å². The van der Waals surface area contributed by atoms with Gasteiger partial charge in [0.1, 0.15) is 0 Å². The van der Waals surface area contributed by atoms with E-state index in [0.717, 1.165) is 25.3 Å². The number of carbonyl (C=O) groups excluding carboxylic acids is 1. The first-order valence-corrected chi connectivity index (χ1v) is 7.86. The second-order valence-corrected chi connectivity index (χ2v) is 6.15. The molecular formula is C15H22N2OS. The zero-order chi connectivity index (χ0) is 13.7. The van der Waals surface area contributed by atoms with E-state index in [0.29, 0.717) is 12.5 Å². The van der Waals surface area contributed by atoms with Crippen molar-refractivity contribution in [1.82, 2.24) is 10.2 Å². The molecule has 2 rings (SSSR count). The van der Waals surface area contributed by atoms with E-state index in [1.54, 1.807) is 0 Å². The first-order valence-electron chi connectivity index (χ1n) is 6.87. The summed E-state index contributed by atoms with van der Waals surface area (Å²) in [5.74, 6) is 1.80. The average molecular weight is 278 g/mol. The van der Waals surface area contributed by atoms with Gasteiger partial charge in [0.25, 0.3) is 0 Å². The number of fused-ring (bicyclic) bond motifs is 1. The maximum atomic E-state index is 11.7. The van der Waals surface area contributed by atoms with Gasteiger partial charge in [-0.05, 0) is 25.1 Å². The predicted molar refractivity (Wildman–Crippen MR) is 80.7 cm³/mol. The maximum absolute atomic E-state index is 11.7. The highest BCUT2D eigenvalue weighted by atomic mass is 32.2. The first-order chi connectivity index (χ1) is 9.20. The van der Waals surface area contributed by atoms with Crippen LogP contribution in [-0.4, -0.2) is 43.2 Å². The summed E-state index contributed by atoms with van der Waals surface area (Å²) in [5.41, 5.74) is 1.44. The minimum Gasteiger partial charge on any atom is -0.355 e. The Hall–Kier alpha value is -1.00. The van der Waals surface area contributed by atoms with Crippen molar-refractivity contribution in [2.24, 2.45) is 0 Å². The molecule has 0 fully saturated rings. The highest BCUT2D eigenvalue weighted by molar-refractivity contribution is 7.99. The van der Waals surface area contributed by atoms with Crippen molar-refractivity contribution in [1.29, 1.82) is 0 Å². The third-order valence-corrected chi connectivity index (χ3v) is 4.57. The topological polar surface area (TPSA) is 32.3 Å². The number of benzene rings is 1. The molecule has 1 amide bonds. The molecular weight excluding hydrogens is 256 g/mol. The van der Waals surface area contributed by atoms with Crippen LogP contribution in [0.3, 0.4) is 0 Å². The normalized spacial score (nSPS) is 17.5. The Morgan fingerprint density at radius 1 is 1.47 bits per heavy atom. The minimum atomic E-state index is 0.128. The number of thioether (sulfide) groups is 1. The Labute approximate surface area is 119 Å². The van der Waals surface area contributed by atoms with Gasteiger partial charge >= 0.3 is 0 Å². The molecule has 1 unspecified atom stereocenters. The molecule has 0 bridgehead atoms. The van der Waals surface area contributed by atoms with E-state index in [4.69, 9.17) is 0 Å². The molecule has 1 aliphatic rings. The van der Waals surface area contributed by atoms with Gasteiger partial charge < -0.3 is 5.32 Å². The Morgan fingerprint density at radius 2 is 2.26 bits per heavy atom. The number of hydrogen-bond acceptors (Lipinski definition) is 3. The molecule has 1 aliphatic heterocycles. The quantitative estimate of drug-likeness (QED) is 0.867. The van der Waals surface area contributed by atoms with Gasteiger partial charge in [-0.3, -0.25) is 9.69 Å². The molecule has 0 aliphatic carbocycles. The molecule has 1 atom stereocenters. The summed E-state index contributed by atoms with van der Waals surface area (Å²) in [6.07, 6.45) is 0.988. The summed E-state index contributed by atoms with van der Waals surface area (Å²) in [6.45, 7) is 4.28. The van der Waals surface area contributed by atoms with Crippen molar-refractivity contribution in [3.8, 4) is 0 Å². The molecule has 0 saturated heterocycles. The Morgan fingerprint density at radius 3 is 3.05 bits per heavy atom. The summed E-state index contributed by atoms with van der Waals surface area (Å²) in [5, 5.41) is 2.92. The molecule has 1 N–H and O–H groups in total. The molecule has 1 aromatic carbocycles. The fourth-order valence-electron chi connectivity index (χ4n) is 2.39. The summed E-state index contributed by atoms with van der Waals surface area (Å²) in [6, 6.07) is 8.60. The smallest absolute Gasteiger partial charge is 0.234 e. The lowest BCUT2D eigenvalue weighted by Gasteiger charge is -2.20. The fourth-order valence-corrected chi connectivity index (χ4v) is 3.63. The standard InChI is InChI=1S/C15H22N2OS/c1-3-8-16-15(18)10-17(2)9-12-11-19-14-7-5-4-6-13(12)14/h4-7,12H,3,8-11H2,1-2H3,(H,16,18). The van der Waals surface area contributed by atoms with Crippen LogP contribution in [-0.2, 0) is 4.79 Å². The van der Waals surface area contributed by atoms with E-state index in [1.165, 1.54) is 10.5 Å². The van der Waals surface area contributed by atoms with Gasteiger partial charge in [-0.1, -0.05) is 25.1 Å². The molecule has 3 nitrogen and oxygen atoms in total. The second kappa shape index (κ2) is 6.96. The van der Waals surface area contributed by atoms with Crippen LogP contribution >= 0.6 is 11.8 Å². The summed E-state index contributed by atoms with van der Waals surface area (Å²) in [4.78, 5) is 15.2. The molecule has 104 valence electrons. The fraction of sp³-hybridized carbons (Fsp3) is 0.533. The Bertz CT molecular complexity index is 436. The van der Waals surface area contributed by atoms with Crippen LogP contribution in [0.2, 0.25) is 0 Å². The van der Waals surface area contributed by atoms with Crippen molar-refractivity contribution in [3.05, 3.63) is 29.8 Å². The lowest BCUT2D eigenvalue weighted by atomic mass is 10.0. The predicted octanol–water partition coefficient (Wildman–Crippen LogP) is 2.33. The van der Waals surface area contributed by atoms with Gasteiger partial charge in [0, 0.05) is 29.7 Å². The van der Waals surface area contributed by atoms with Crippen molar-refractivity contribution in [2.75, 3.05) is 32.4 Å². The SMILES string of the molecule is CCCNC(=O)CN(C)CC1CSc2ccccc21. The van der Waals surface area contributed by atoms with Crippen LogP contribution in [0, 0.1) is 0 Å². The number of carbonyl (C=O) groups is 1. The molecule has 19 heavy (non-hydrogen) atoms. The number of amides is 1. The van der Waals surface area contributed by atoms with E-state index >= 15 is 0 Å². The van der Waals surface area contributed by atoms with Crippen molar-refractivity contribution < 1.29 is 4.79 Å². The zero-order valence-electron chi connectivity index (χ0n) is 11.7. The zero-order valence-corrected chi connectivity index (χ0v) is 12.5. The number of hydrogen-bond donors (Lipinski definition) is 1. The van der Waals surface area contributed by atoms with Gasteiger partial charge in [0.15, 0.2) is 0 Å². The Kier molecular flexibility index (Phi) is 5.28. The second-order valence-electron chi connectivity index (χ2n) is 5.09. The van der Waals surface area contributed by atoms with Crippen LogP contribution in [0.4, 0.5) is 0 Å². The Balaban J connectivity index is 1.83. The molecule has 0 saturated carbocycles. The van der Waals surface area contributed by atoms with Crippen LogP contribution < -0.4 is 5.32 Å². The molecule has 1 heterocycles. The first kappa shape index (κ1) is 14.4. The largest absolute Gasteiger partial charge is 0.355 e. The van der Waals surface area contributed by atoms with Crippen LogP contribution in [0.1, 0.15) is 24.8 Å². The van der Waals surface area contributed by atoms with E-state index in [1.807, 2.05) is 18.8 Å². The highest BCUT2D eigenvalue weighted by Gasteiger charge is 2.24. The van der Waals surface area contributed by atoms with E-state index in [9.17, 15) is 4.79 Å². The molecule has 0 radical (unpaired) electrons. The minimum absolute atomic E-state index is 0.128. The third kappa shape index (κ3) is 3.98. The van der Waals surface area contributed by atoms with Gasteiger partial charge in [0.05, 0.1) is 6.54 Å². The van der Waals surface area contributed by atoms with Gasteiger partial charge in [-0.15, -0.1) is 11.8 Å². The van der Waals surface area contributed by atoms with Crippen LogP contribution in [0.5, 0.6) is 0 Å². The summed E-state index contributed by atoms with van der Waals surface area (Å²) in [7, 11) is 2.02. The van der Waals surface area contributed by atoms with Gasteiger partial charge in [-0.25, -0.2) is 0 Å². The lowest BCUT2D eigenvalue weighted by Crippen LogP contribution is -2.37. The highest BCUT2D eigenvalue weighted by Crippen LogP contribution is 2.39. The molecule has 4 heteroatoms. The van der Waals surface area contributed by atoms with E-state index < -0.39 is 0 Å².